The fraction of sp³-hybridized carbons (Fsp3) is 0.900. The van der Waals surface area contributed by atoms with Gasteiger partial charge in [-0.25, -0.2) is 0 Å². The Bertz CT molecular complexity index is 206. The van der Waals surface area contributed by atoms with E-state index in [1.165, 1.54) is 0 Å². The van der Waals surface area contributed by atoms with E-state index in [2.05, 4.69) is 11.8 Å². The number of amides is 1. The number of piperidine rings is 1. The fourth-order valence-electron chi connectivity index (χ4n) is 2.26. The molecule has 0 aromatic carbocycles. The number of carbonyl (C=O) groups is 1. The smallest absolute Gasteiger partial charge is 0.219 e. The zero-order valence-electron chi connectivity index (χ0n) is 8.96. The maximum absolute atomic E-state index is 10.9. The number of primary amides is 1. The Hall–Kier alpha value is -0.610. The molecule has 0 aliphatic carbocycles. The molecule has 1 heterocycles. The van der Waals surface area contributed by atoms with Crippen molar-refractivity contribution in [1.29, 1.82) is 0 Å². The standard InChI is InChI=1S/C10H21N3O/c1-2-5-13-6-3-4-10(12,8-13)7-9(11)14/h2-8,12H2,1H3,(H2,11,14). The normalized spacial score (nSPS) is 29.0. The fourth-order valence-corrected chi connectivity index (χ4v) is 2.26. The van der Waals surface area contributed by atoms with Gasteiger partial charge in [-0.1, -0.05) is 6.92 Å². The van der Waals surface area contributed by atoms with Crippen molar-refractivity contribution in [2.75, 3.05) is 19.6 Å². The molecule has 4 N–H and O–H groups in total. The quantitative estimate of drug-likeness (QED) is 0.672. The Morgan fingerprint density at radius 3 is 2.86 bits per heavy atom. The monoisotopic (exact) mass is 199 g/mol. The highest BCUT2D eigenvalue weighted by Gasteiger charge is 2.32. The summed E-state index contributed by atoms with van der Waals surface area (Å²) < 4.78 is 0. The number of hydrogen-bond acceptors (Lipinski definition) is 3. The third-order valence-corrected chi connectivity index (χ3v) is 2.75. The lowest BCUT2D eigenvalue weighted by Crippen LogP contribution is -2.56. The van der Waals surface area contributed by atoms with Gasteiger partial charge in [0.05, 0.1) is 0 Å². The zero-order chi connectivity index (χ0) is 10.6. The van der Waals surface area contributed by atoms with E-state index < -0.39 is 0 Å². The summed E-state index contributed by atoms with van der Waals surface area (Å²) in [6.07, 6.45) is 3.43. The van der Waals surface area contributed by atoms with E-state index in [1.54, 1.807) is 0 Å². The van der Waals surface area contributed by atoms with Crippen molar-refractivity contribution >= 4 is 5.91 Å². The summed E-state index contributed by atoms with van der Waals surface area (Å²) in [5, 5.41) is 0. The summed E-state index contributed by atoms with van der Waals surface area (Å²) in [4.78, 5) is 13.2. The van der Waals surface area contributed by atoms with Crippen LogP contribution >= 0.6 is 0 Å². The van der Waals surface area contributed by atoms with Gasteiger partial charge in [0.25, 0.3) is 0 Å². The minimum atomic E-state index is -0.376. The van der Waals surface area contributed by atoms with Crippen LogP contribution in [-0.4, -0.2) is 36.0 Å². The molecular weight excluding hydrogens is 178 g/mol. The van der Waals surface area contributed by atoms with Crippen LogP contribution < -0.4 is 11.5 Å². The summed E-state index contributed by atoms with van der Waals surface area (Å²) >= 11 is 0. The highest BCUT2D eigenvalue weighted by molar-refractivity contribution is 5.75. The van der Waals surface area contributed by atoms with Crippen LogP contribution in [0.25, 0.3) is 0 Å². The van der Waals surface area contributed by atoms with Crippen molar-refractivity contribution in [2.24, 2.45) is 11.5 Å². The van der Waals surface area contributed by atoms with Crippen molar-refractivity contribution in [3.05, 3.63) is 0 Å². The molecule has 0 aromatic heterocycles. The van der Waals surface area contributed by atoms with Crippen LogP contribution in [0.1, 0.15) is 32.6 Å². The Balaban J connectivity index is 2.48. The molecule has 0 spiro atoms. The molecule has 0 aromatic rings. The summed E-state index contributed by atoms with van der Waals surface area (Å²) in [5.74, 6) is -0.286. The maximum atomic E-state index is 10.9. The Morgan fingerprint density at radius 2 is 2.29 bits per heavy atom. The SMILES string of the molecule is CCCN1CCCC(N)(CC(N)=O)C1. The molecule has 1 amide bonds. The first-order chi connectivity index (χ1) is 6.56. The number of rotatable bonds is 4. The molecule has 82 valence electrons. The maximum Gasteiger partial charge on any atom is 0.219 e. The highest BCUT2D eigenvalue weighted by Crippen LogP contribution is 2.21. The molecule has 1 unspecified atom stereocenters. The molecule has 0 bridgehead atoms. The van der Waals surface area contributed by atoms with Crippen LogP contribution in [0.2, 0.25) is 0 Å². The average Bonchev–Trinajstić information content (AvgIpc) is 2.01. The second-order valence-electron chi connectivity index (χ2n) is 4.39. The molecule has 1 saturated heterocycles. The van der Waals surface area contributed by atoms with E-state index in [9.17, 15) is 4.79 Å². The largest absolute Gasteiger partial charge is 0.370 e. The summed E-state index contributed by atoms with van der Waals surface area (Å²) in [5.41, 5.74) is 11.0. The van der Waals surface area contributed by atoms with Crippen LogP contribution in [0.4, 0.5) is 0 Å². The van der Waals surface area contributed by atoms with Gasteiger partial charge in [-0.15, -0.1) is 0 Å². The van der Waals surface area contributed by atoms with Crippen molar-refractivity contribution in [1.82, 2.24) is 4.90 Å². The molecule has 14 heavy (non-hydrogen) atoms. The molecule has 0 radical (unpaired) electrons. The molecule has 1 atom stereocenters. The summed E-state index contributed by atoms with van der Waals surface area (Å²) in [7, 11) is 0. The molecule has 4 nitrogen and oxygen atoms in total. The summed E-state index contributed by atoms with van der Waals surface area (Å²) in [6.45, 7) is 5.13. The van der Waals surface area contributed by atoms with Gasteiger partial charge >= 0.3 is 0 Å². The molecular formula is C10H21N3O. The Kier molecular flexibility index (Phi) is 3.89. The van der Waals surface area contributed by atoms with E-state index in [0.717, 1.165) is 38.9 Å². The lowest BCUT2D eigenvalue weighted by molar-refractivity contribution is -0.119. The van der Waals surface area contributed by atoms with Gasteiger partial charge in [0, 0.05) is 18.5 Å². The van der Waals surface area contributed by atoms with E-state index >= 15 is 0 Å². The third-order valence-electron chi connectivity index (χ3n) is 2.75. The van der Waals surface area contributed by atoms with E-state index in [0.29, 0.717) is 6.42 Å². The van der Waals surface area contributed by atoms with Crippen molar-refractivity contribution < 1.29 is 4.79 Å². The van der Waals surface area contributed by atoms with Gasteiger partial charge in [0.15, 0.2) is 0 Å². The lowest BCUT2D eigenvalue weighted by Gasteiger charge is -2.39. The second kappa shape index (κ2) is 4.75. The van der Waals surface area contributed by atoms with Crippen molar-refractivity contribution in [2.45, 2.75) is 38.1 Å². The molecule has 1 rings (SSSR count). The van der Waals surface area contributed by atoms with Crippen LogP contribution in [0.5, 0.6) is 0 Å². The van der Waals surface area contributed by atoms with Gasteiger partial charge in [-0.2, -0.15) is 0 Å². The van der Waals surface area contributed by atoms with Crippen LogP contribution in [0.15, 0.2) is 0 Å². The number of hydrogen-bond donors (Lipinski definition) is 2. The number of carbonyl (C=O) groups excluding carboxylic acids is 1. The molecule has 1 aliphatic rings. The van der Waals surface area contributed by atoms with Gasteiger partial charge in [-0.05, 0) is 32.4 Å². The Morgan fingerprint density at radius 1 is 1.57 bits per heavy atom. The van der Waals surface area contributed by atoms with Crippen LogP contribution in [0.3, 0.4) is 0 Å². The third kappa shape index (κ3) is 3.27. The number of nitrogens with two attached hydrogens (primary N) is 2. The molecule has 0 saturated carbocycles. The van der Waals surface area contributed by atoms with Crippen LogP contribution in [-0.2, 0) is 4.79 Å². The van der Waals surface area contributed by atoms with Crippen LogP contribution in [0, 0.1) is 0 Å². The minimum absolute atomic E-state index is 0.286. The number of likely N-dealkylation sites (tertiary alicyclic amines) is 1. The molecule has 1 fully saturated rings. The zero-order valence-corrected chi connectivity index (χ0v) is 8.96. The van der Waals surface area contributed by atoms with Gasteiger partial charge in [0.1, 0.15) is 0 Å². The topological polar surface area (TPSA) is 72.3 Å². The molecule has 1 aliphatic heterocycles. The van der Waals surface area contributed by atoms with E-state index in [4.69, 9.17) is 11.5 Å². The van der Waals surface area contributed by atoms with Crippen molar-refractivity contribution in [3.8, 4) is 0 Å². The predicted octanol–water partition coefficient (Wildman–Crippen LogP) is 0.0651. The van der Waals surface area contributed by atoms with Gasteiger partial charge in [-0.3, -0.25) is 4.79 Å². The predicted molar refractivity (Wildman–Crippen MR) is 56.7 cm³/mol. The van der Waals surface area contributed by atoms with E-state index in [-0.39, 0.29) is 11.4 Å². The first kappa shape index (κ1) is 11.5. The Labute approximate surface area is 85.6 Å². The van der Waals surface area contributed by atoms with Crippen molar-refractivity contribution in [3.63, 3.8) is 0 Å². The first-order valence-electron chi connectivity index (χ1n) is 5.35. The molecule has 4 heteroatoms. The first-order valence-corrected chi connectivity index (χ1v) is 5.35. The minimum Gasteiger partial charge on any atom is -0.370 e. The van der Waals surface area contributed by atoms with Gasteiger partial charge < -0.3 is 16.4 Å². The lowest BCUT2D eigenvalue weighted by atomic mass is 9.86. The highest BCUT2D eigenvalue weighted by atomic mass is 16.1. The average molecular weight is 199 g/mol. The summed E-state index contributed by atoms with van der Waals surface area (Å²) in [6, 6.07) is 0. The second-order valence-corrected chi connectivity index (χ2v) is 4.39. The van der Waals surface area contributed by atoms with Gasteiger partial charge in [0.2, 0.25) is 5.91 Å². The number of nitrogens with zero attached hydrogens (tertiary/aromatic N) is 1. The van der Waals surface area contributed by atoms with E-state index in [1.807, 2.05) is 0 Å².